The second kappa shape index (κ2) is 6.48. The predicted molar refractivity (Wildman–Crippen MR) is 107 cm³/mol. The maximum absolute atomic E-state index is 12.9. The van der Waals surface area contributed by atoms with Crippen LogP contribution in [0.5, 0.6) is 0 Å². The molecule has 0 amide bonds. The molecule has 1 atom stereocenters. The summed E-state index contributed by atoms with van der Waals surface area (Å²) in [6, 6.07) is 7.91. The number of hydrogen-bond donors (Lipinski definition) is 1. The van der Waals surface area contributed by atoms with Crippen molar-refractivity contribution in [1.29, 1.82) is 0 Å². The first-order chi connectivity index (χ1) is 12.9. The van der Waals surface area contributed by atoms with Gasteiger partial charge in [0.2, 0.25) is 0 Å². The molecule has 2 heterocycles. The van der Waals surface area contributed by atoms with Gasteiger partial charge in [-0.3, -0.25) is 14.3 Å². The SMILES string of the molecule is CCn1ncc2c(C)cc(-c3ccc(C4(C)CCCCC4=O)c(=O)[nH]3)cc21. The quantitative estimate of drug-likeness (QED) is 0.761. The lowest BCUT2D eigenvalue weighted by molar-refractivity contribution is -0.125. The molecule has 0 aliphatic heterocycles. The summed E-state index contributed by atoms with van der Waals surface area (Å²) in [6.07, 6.45) is 5.11. The van der Waals surface area contributed by atoms with Crippen LogP contribution in [0.2, 0.25) is 0 Å². The molecule has 1 aromatic carbocycles. The Hall–Kier alpha value is -2.69. The molecule has 27 heavy (non-hydrogen) atoms. The molecule has 0 bridgehead atoms. The van der Waals surface area contributed by atoms with E-state index in [1.807, 2.05) is 29.9 Å². The van der Waals surface area contributed by atoms with Crippen LogP contribution in [0, 0.1) is 6.92 Å². The summed E-state index contributed by atoms with van der Waals surface area (Å²) in [5.41, 5.74) is 3.68. The number of aromatic amines is 1. The molecule has 2 aromatic heterocycles. The van der Waals surface area contributed by atoms with Crippen molar-refractivity contribution in [3.63, 3.8) is 0 Å². The van der Waals surface area contributed by atoms with E-state index in [0.29, 0.717) is 12.0 Å². The van der Waals surface area contributed by atoms with Crippen LogP contribution in [0.3, 0.4) is 0 Å². The minimum Gasteiger partial charge on any atom is -0.322 e. The minimum atomic E-state index is -0.662. The van der Waals surface area contributed by atoms with Gasteiger partial charge in [-0.25, -0.2) is 0 Å². The Morgan fingerprint density at radius 1 is 1.22 bits per heavy atom. The molecule has 4 rings (SSSR count). The van der Waals surface area contributed by atoms with Crippen LogP contribution in [0.4, 0.5) is 0 Å². The third kappa shape index (κ3) is 2.82. The number of fused-ring (bicyclic) bond motifs is 1. The van der Waals surface area contributed by atoms with Crippen molar-refractivity contribution in [2.24, 2.45) is 0 Å². The monoisotopic (exact) mass is 363 g/mol. The zero-order valence-electron chi connectivity index (χ0n) is 16.1. The van der Waals surface area contributed by atoms with Gasteiger partial charge in [-0.2, -0.15) is 5.10 Å². The van der Waals surface area contributed by atoms with Crippen molar-refractivity contribution in [2.75, 3.05) is 0 Å². The number of aryl methyl sites for hydroxylation is 2. The van der Waals surface area contributed by atoms with Crippen molar-refractivity contribution < 1.29 is 4.79 Å². The van der Waals surface area contributed by atoms with Gasteiger partial charge in [-0.1, -0.05) is 12.5 Å². The molecule has 5 heteroatoms. The molecule has 1 N–H and O–H groups in total. The van der Waals surface area contributed by atoms with Crippen LogP contribution in [0.25, 0.3) is 22.2 Å². The molecule has 140 valence electrons. The van der Waals surface area contributed by atoms with E-state index in [0.717, 1.165) is 53.5 Å². The highest BCUT2D eigenvalue weighted by atomic mass is 16.1. The average molecular weight is 363 g/mol. The first kappa shape index (κ1) is 17.7. The van der Waals surface area contributed by atoms with Crippen LogP contribution < -0.4 is 5.56 Å². The van der Waals surface area contributed by atoms with E-state index in [1.54, 1.807) is 0 Å². The molecule has 0 spiro atoms. The normalized spacial score (nSPS) is 20.3. The molecular formula is C22H25N3O2. The highest BCUT2D eigenvalue weighted by Gasteiger charge is 2.38. The minimum absolute atomic E-state index is 0.160. The van der Waals surface area contributed by atoms with Gasteiger partial charge in [-0.15, -0.1) is 0 Å². The van der Waals surface area contributed by atoms with E-state index in [9.17, 15) is 9.59 Å². The largest absolute Gasteiger partial charge is 0.322 e. The van der Waals surface area contributed by atoms with Gasteiger partial charge in [0.05, 0.1) is 17.1 Å². The Kier molecular flexibility index (Phi) is 4.25. The number of nitrogens with one attached hydrogen (secondary N) is 1. The summed E-state index contributed by atoms with van der Waals surface area (Å²) in [6.45, 7) is 6.83. The number of H-pyrrole nitrogens is 1. The topological polar surface area (TPSA) is 67.8 Å². The molecule has 1 aliphatic rings. The Morgan fingerprint density at radius 3 is 2.74 bits per heavy atom. The molecule has 1 aliphatic carbocycles. The van der Waals surface area contributed by atoms with Crippen LogP contribution in [-0.2, 0) is 16.8 Å². The predicted octanol–water partition coefficient (Wildman–Crippen LogP) is 4.12. The van der Waals surface area contributed by atoms with Gasteiger partial charge in [0.25, 0.3) is 5.56 Å². The third-order valence-corrected chi connectivity index (χ3v) is 6.03. The third-order valence-electron chi connectivity index (χ3n) is 6.03. The number of carbonyl (C=O) groups is 1. The molecular weight excluding hydrogens is 338 g/mol. The Bertz CT molecular complexity index is 1090. The smallest absolute Gasteiger partial charge is 0.252 e. The Labute approximate surface area is 158 Å². The number of hydrogen-bond acceptors (Lipinski definition) is 3. The lowest BCUT2D eigenvalue weighted by Crippen LogP contribution is -2.40. The maximum atomic E-state index is 12.9. The maximum Gasteiger partial charge on any atom is 0.252 e. The number of nitrogens with zero attached hydrogens (tertiary/aromatic N) is 2. The van der Waals surface area contributed by atoms with E-state index < -0.39 is 5.41 Å². The molecule has 1 fully saturated rings. The number of pyridine rings is 1. The zero-order valence-corrected chi connectivity index (χ0v) is 16.1. The standard InChI is InChI=1S/C22H25N3O2/c1-4-25-19-12-15(11-14(2)16(19)13-23-25)18-9-8-17(21(27)24-18)22(3)10-6-5-7-20(22)26/h8-9,11-13H,4-7,10H2,1-3H3,(H,24,27). The fourth-order valence-corrected chi connectivity index (χ4v) is 4.30. The van der Waals surface area contributed by atoms with E-state index >= 15 is 0 Å². The Morgan fingerprint density at radius 2 is 2.04 bits per heavy atom. The highest BCUT2D eigenvalue weighted by molar-refractivity contribution is 5.90. The molecule has 0 radical (unpaired) electrons. The van der Waals surface area contributed by atoms with E-state index in [2.05, 4.69) is 36.1 Å². The fourth-order valence-electron chi connectivity index (χ4n) is 4.30. The van der Waals surface area contributed by atoms with Crippen molar-refractivity contribution in [3.8, 4) is 11.3 Å². The molecule has 1 unspecified atom stereocenters. The average Bonchev–Trinajstić information content (AvgIpc) is 3.07. The lowest BCUT2D eigenvalue weighted by Gasteiger charge is -2.31. The summed E-state index contributed by atoms with van der Waals surface area (Å²) < 4.78 is 1.96. The number of carbonyl (C=O) groups excluding carboxylic acids is 1. The van der Waals surface area contributed by atoms with Crippen LogP contribution in [0.15, 0.2) is 35.3 Å². The Balaban J connectivity index is 1.80. The number of benzene rings is 1. The van der Waals surface area contributed by atoms with Gasteiger partial charge in [-0.05, 0) is 57.4 Å². The van der Waals surface area contributed by atoms with Crippen LogP contribution >= 0.6 is 0 Å². The summed E-state index contributed by atoms with van der Waals surface area (Å²) in [4.78, 5) is 28.4. The summed E-state index contributed by atoms with van der Waals surface area (Å²) in [5.74, 6) is 0.177. The fraction of sp³-hybridized carbons (Fsp3) is 0.409. The molecule has 0 saturated heterocycles. The summed E-state index contributed by atoms with van der Waals surface area (Å²) in [7, 11) is 0. The molecule has 3 aromatic rings. The van der Waals surface area contributed by atoms with Gasteiger partial charge in [0.1, 0.15) is 5.78 Å². The number of Topliss-reactive ketones (excluding diaryl/α,β-unsaturated/α-hetero) is 1. The second-order valence-corrected chi connectivity index (χ2v) is 7.76. The van der Waals surface area contributed by atoms with E-state index in [-0.39, 0.29) is 11.3 Å². The number of ketones is 1. The van der Waals surface area contributed by atoms with Crippen molar-refractivity contribution in [1.82, 2.24) is 14.8 Å². The van der Waals surface area contributed by atoms with Gasteiger partial charge in [0.15, 0.2) is 0 Å². The van der Waals surface area contributed by atoms with Crippen molar-refractivity contribution in [3.05, 3.63) is 51.9 Å². The zero-order chi connectivity index (χ0) is 19.2. The molecule has 5 nitrogen and oxygen atoms in total. The first-order valence-electron chi connectivity index (χ1n) is 9.67. The van der Waals surface area contributed by atoms with Crippen molar-refractivity contribution >= 4 is 16.7 Å². The summed E-state index contributed by atoms with van der Waals surface area (Å²) in [5, 5.41) is 5.55. The van der Waals surface area contributed by atoms with Crippen LogP contribution in [-0.4, -0.2) is 20.5 Å². The second-order valence-electron chi connectivity index (χ2n) is 7.76. The summed E-state index contributed by atoms with van der Waals surface area (Å²) >= 11 is 0. The van der Waals surface area contributed by atoms with Gasteiger partial charge in [0, 0.05) is 35.2 Å². The van der Waals surface area contributed by atoms with Crippen molar-refractivity contribution in [2.45, 2.75) is 58.4 Å². The number of rotatable bonds is 3. The lowest BCUT2D eigenvalue weighted by atomic mass is 9.70. The molecule has 1 saturated carbocycles. The van der Waals surface area contributed by atoms with E-state index in [4.69, 9.17) is 0 Å². The van der Waals surface area contributed by atoms with E-state index in [1.165, 1.54) is 0 Å². The van der Waals surface area contributed by atoms with Gasteiger partial charge < -0.3 is 4.98 Å². The van der Waals surface area contributed by atoms with Crippen LogP contribution in [0.1, 0.15) is 50.7 Å². The highest BCUT2D eigenvalue weighted by Crippen LogP contribution is 2.35. The number of aromatic nitrogens is 3. The van der Waals surface area contributed by atoms with Gasteiger partial charge >= 0.3 is 0 Å². The first-order valence-corrected chi connectivity index (χ1v) is 9.67.